The number of hydrogen-bond acceptors (Lipinski definition) is 5. The number of aliphatic hydroxyl groups excluding tert-OH is 1. The second-order valence-electron chi connectivity index (χ2n) is 9.69. The molecule has 0 aliphatic carbocycles. The van der Waals surface area contributed by atoms with Gasteiger partial charge in [-0.15, -0.1) is 0 Å². The first kappa shape index (κ1) is 25.0. The van der Waals surface area contributed by atoms with Crippen LogP contribution in [-0.4, -0.2) is 62.1 Å². The summed E-state index contributed by atoms with van der Waals surface area (Å²) in [6.45, 7) is 8.50. The first-order valence-corrected chi connectivity index (χ1v) is 12.3. The Labute approximate surface area is 193 Å². The molecule has 1 fully saturated rings. The third-order valence-electron chi connectivity index (χ3n) is 6.86. The summed E-state index contributed by atoms with van der Waals surface area (Å²) in [6, 6.07) is 12.6. The smallest absolute Gasteiger partial charge is 0.127 e. The molecule has 1 saturated heterocycles. The molecule has 1 aliphatic rings. The van der Waals surface area contributed by atoms with Crippen LogP contribution in [0, 0.1) is 11.8 Å². The van der Waals surface area contributed by atoms with Gasteiger partial charge in [0.2, 0.25) is 0 Å². The number of benzene rings is 2. The predicted molar refractivity (Wildman–Crippen MR) is 132 cm³/mol. The molecule has 3 N–H and O–H groups in total. The number of β-amino-alcohol motifs (C(OH)–C–C–N with tert-alkyl or cyclic N) is 1. The summed E-state index contributed by atoms with van der Waals surface area (Å²) in [5.74, 6) is 1.81. The number of likely N-dealkylation sites (tertiary alicyclic amines) is 1. The molecule has 3 atom stereocenters. The van der Waals surface area contributed by atoms with Crippen molar-refractivity contribution in [2.45, 2.75) is 58.1 Å². The topological polar surface area (TPSA) is 68.0 Å². The highest BCUT2D eigenvalue weighted by Crippen LogP contribution is 2.29. The number of piperidine rings is 1. The fourth-order valence-corrected chi connectivity index (χ4v) is 4.72. The molecule has 5 heteroatoms. The van der Waals surface area contributed by atoms with Crippen LogP contribution in [0.5, 0.6) is 5.75 Å². The minimum atomic E-state index is -0.466. The molecule has 0 bridgehead atoms. The maximum Gasteiger partial charge on any atom is 0.127 e. The summed E-state index contributed by atoms with van der Waals surface area (Å²) in [5.41, 5.74) is 7.79. The van der Waals surface area contributed by atoms with E-state index in [1.165, 1.54) is 30.2 Å². The second-order valence-corrected chi connectivity index (χ2v) is 9.69. The predicted octanol–water partition coefficient (Wildman–Crippen LogP) is 4.24. The van der Waals surface area contributed by atoms with E-state index in [1.807, 2.05) is 12.1 Å². The van der Waals surface area contributed by atoms with Crippen LogP contribution >= 0.6 is 0 Å². The Morgan fingerprint density at radius 2 is 1.84 bits per heavy atom. The molecule has 0 saturated carbocycles. The van der Waals surface area contributed by atoms with Gasteiger partial charge in [-0.1, -0.05) is 44.5 Å². The number of hydrogen-bond donors (Lipinski definition) is 2. The first-order chi connectivity index (χ1) is 15.5. The molecule has 1 aliphatic heterocycles. The van der Waals surface area contributed by atoms with Gasteiger partial charge in [0.25, 0.3) is 0 Å². The average Bonchev–Trinajstić information content (AvgIpc) is 2.79. The maximum absolute atomic E-state index is 10.8. The van der Waals surface area contributed by atoms with Gasteiger partial charge in [-0.25, -0.2) is 0 Å². The molecule has 178 valence electrons. The van der Waals surface area contributed by atoms with Crippen LogP contribution in [-0.2, 0) is 11.2 Å². The van der Waals surface area contributed by atoms with Gasteiger partial charge in [-0.3, -0.25) is 0 Å². The van der Waals surface area contributed by atoms with Crippen LogP contribution in [0.1, 0.15) is 45.1 Å². The minimum Gasteiger partial charge on any atom is -0.491 e. The molecule has 3 rings (SSSR count). The highest BCUT2D eigenvalue weighted by atomic mass is 16.5. The fourth-order valence-electron chi connectivity index (χ4n) is 4.72. The highest BCUT2D eigenvalue weighted by molar-refractivity contribution is 5.88. The summed E-state index contributed by atoms with van der Waals surface area (Å²) in [5, 5.41) is 13.1. The van der Waals surface area contributed by atoms with Crippen molar-refractivity contribution in [3.8, 4) is 5.75 Å². The molecule has 1 heterocycles. The van der Waals surface area contributed by atoms with Crippen molar-refractivity contribution in [2.75, 3.05) is 40.0 Å². The van der Waals surface area contributed by atoms with Gasteiger partial charge in [0.15, 0.2) is 0 Å². The Morgan fingerprint density at radius 1 is 1.06 bits per heavy atom. The van der Waals surface area contributed by atoms with Gasteiger partial charge in [-0.05, 0) is 73.7 Å². The number of nitrogens with two attached hydrogens (primary N) is 1. The first-order valence-electron chi connectivity index (χ1n) is 12.3. The maximum atomic E-state index is 10.8. The van der Waals surface area contributed by atoms with E-state index in [0.29, 0.717) is 31.6 Å². The van der Waals surface area contributed by atoms with Gasteiger partial charge in [-0.2, -0.15) is 0 Å². The number of rotatable bonds is 12. The van der Waals surface area contributed by atoms with Gasteiger partial charge in [0.1, 0.15) is 12.4 Å². The molecule has 32 heavy (non-hydrogen) atoms. The van der Waals surface area contributed by atoms with E-state index >= 15 is 0 Å². The molecular weight excluding hydrogens is 400 g/mol. The van der Waals surface area contributed by atoms with E-state index in [-0.39, 0.29) is 6.04 Å². The molecule has 3 unspecified atom stereocenters. The van der Waals surface area contributed by atoms with Crippen molar-refractivity contribution in [3.63, 3.8) is 0 Å². The molecule has 0 spiro atoms. The van der Waals surface area contributed by atoms with Gasteiger partial charge in [0.05, 0.1) is 12.7 Å². The van der Waals surface area contributed by atoms with Crippen molar-refractivity contribution in [1.29, 1.82) is 0 Å². The summed E-state index contributed by atoms with van der Waals surface area (Å²) in [4.78, 5) is 2.37. The Morgan fingerprint density at radius 3 is 2.56 bits per heavy atom. The number of nitrogens with zero attached hydrogens (tertiary/aromatic N) is 1. The van der Waals surface area contributed by atoms with Crippen molar-refractivity contribution >= 4 is 10.8 Å². The van der Waals surface area contributed by atoms with Crippen LogP contribution in [0.25, 0.3) is 10.8 Å². The van der Waals surface area contributed by atoms with E-state index in [1.54, 1.807) is 7.11 Å². The minimum absolute atomic E-state index is 0.197. The Bertz CT molecular complexity index is 820. The van der Waals surface area contributed by atoms with E-state index in [4.69, 9.17) is 15.2 Å². The molecule has 5 nitrogen and oxygen atoms in total. The SMILES string of the molecule is COCCOc1cccc2ccc(CC(CC(N)C(O)CN3CCCCC3)C(C)C)cc12. The number of fused-ring (bicyclic) bond motifs is 1. The van der Waals surface area contributed by atoms with Crippen LogP contribution < -0.4 is 10.5 Å². The summed E-state index contributed by atoms with van der Waals surface area (Å²) >= 11 is 0. The third kappa shape index (κ3) is 7.17. The summed E-state index contributed by atoms with van der Waals surface area (Å²) in [7, 11) is 1.69. The summed E-state index contributed by atoms with van der Waals surface area (Å²) < 4.78 is 11.1. The van der Waals surface area contributed by atoms with Gasteiger partial charge < -0.3 is 25.2 Å². The quantitative estimate of drug-likeness (QED) is 0.481. The van der Waals surface area contributed by atoms with E-state index in [9.17, 15) is 5.11 Å². The highest BCUT2D eigenvalue weighted by Gasteiger charge is 2.25. The largest absolute Gasteiger partial charge is 0.491 e. The molecule has 0 radical (unpaired) electrons. The van der Waals surface area contributed by atoms with E-state index < -0.39 is 6.10 Å². The van der Waals surface area contributed by atoms with Gasteiger partial charge in [0, 0.05) is 25.1 Å². The van der Waals surface area contributed by atoms with E-state index in [0.717, 1.165) is 37.1 Å². The van der Waals surface area contributed by atoms with Gasteiger partial charge >= 0.3 is 0 Å². The summed E-state index contributed by atoms with van der Waals surface area (Å²) in [6.07, 6.45) is 5.08. The zero-order valence-corrected chi connectivity index (χ0v) is 20.1. The standard InChI is InChI=1S/C27H42N2O3/c1-20(2)23(18-25(28)26(30)19-29-12-5-4-6-13-29)16-21-10-11-22-8-7-9-27(24(22)17-21)32-15-14-31-3/h7-11,17,20,23,25-26,30H,4-6,12-16,18-19,28H2,1-3H3. The number of aliphatic hydroxyl groups is 1. The van der Waals surface area contributed by atoms with Crippen LogP contribution in [0.15, 0.2) is 36.4 Å². The normalized spacial score (nSPS) is 18.1. The van der Waals surface area contributed by atoms with Crippen molar-refractivity contribution in [1.82, 2.24) is 4.90 Å². The second kappa shape index (κ2) is 12.5. The lowest BCUT2D eigenvalue weighted by Crippen LogP contribution is -2.46. The fraction of sp³-hybridized carbons (Fsp3) is 0.630. The lowest BCUT2D eigenvalue weighted by atomic mass is 9.83. The van der Waals surface area contributed by atoms with Crippen molar-refractivity contribution in [3.05, 3.63) is 42.0 Å². The third-order valence-corrected chi connectivity index (χ3v) is 6.86. The lowest BCUT2D eigenvalue weighted by molar-refractivity contribution is 0.0722. The van der Waals surface area contributed by atoms with Crippen LogP contribution in [0.3, 0.4) is 0 Å². The zero-order chi connectivity index (χ0) is 22.9. The molecule has 0 aromatic heterocycles. The average molecular weight is 443 g/mol. The molecule has 2 aromatic rings. The monoisotopic (exact) mass is 442 g/mol. The van der Waals surface area contributed by atoms with E-state index in [2.05, 4.69) is 43.0 Å². The number of ether oxygens (including phenoxy) is 2. The molecule has 2 aromatic carbocycles. The van der Waals surface area contributed by atoms with Crippen LogP contribution in [0.4, 0.5) is 0 Å². The Hall–Kier alpha value is -1.66. The lowest BCUT2D eigenvalue weighted by Gasteiger charge is -2.32. The van der Waals surface area contributed by atoms with Crippen molar-refractivity contribution < 1.29 is 14.6 Å². The zero-order valence-electron chi connectivity index (χ0n) is 20.1. The Kier molecular flexibility index (Phi) is 9.79. The Balaban J connectivity index is 1.66. The number of methoxy groups -OCH3 is 1. The van der Waals surface area contributed by atoms with Crippen LogP contribution in [0.2, 0.25) is 0 Å². The molecular formula is C27H42N2O3. The molecule has 0 amide bonds. The van der Waals surface area contributed by atoms with Crippen molar-refractivity contribution in [2.24, 2.45) is 17.6 Å².